The van der Waals surface area contributed by atoms with Gasteiger partial charge in [0.05, 0.1) is 13.7 Å². The third-order valence-electron chi connectivity index (χ3n) is 3.24. The summed E-state index contributed by atoms with van der Waals surface area (Å²) in [5, 5.41) is 9.81. The lowest BCUT2D eigenvalue weighted by atomic mass is 10.1. The SMILES string of the molecule is COc1ccc(O)c(CN(C)C2CCOC2)c1. The van der Waals surface area contributed by atoms with Crippen LogP contribution in [-0.4, -0.2) is 43.4 Å². The van der Waals surface area contributed by atoms with Crippen LogP contribution in [0.25, 0.3) is 0 Å². The number of hydrogen-bond acceptors (Lipinski definition) is 4. The van der Waals surface area contributed by atoms with E-state index in [1.54, 1.807) is 19.2 Å². The maximum absolute atomic E-state index is 9.81. The molecule has 0 amide bonds. The molecular formula is C13H19NO3. The molecule has 1 aromatic rings. The summed E-state index contributed by atoms with van der Waals surface area (Å²) in [6.07, 6.45) is 1.06. The van der Waals surface area contributed by atoms with Crippen LogP contribution in [0.5, 0.6) is 11.5 Å². The average Bonchev–Trinajstić information content (AvgIpc) is 2.85. The Balaban J connectivity index is 2.06. The van der Waals surface area contributed by atoms with Crippen LogP contribution in [0.4, 0.5) is 0 Å². The predicted molar refractivity (Wildman–Crippen MR) is 65.3 cm³/mol. The van der Waals surface area contributed by atoms with E-state index in [-0.39, 0.29) is 0 Å². The number of likely N-dealkylation sites (N-methyl/N-ethyl adjacent to an activating group) is 1. The first kappa shape index (κ1) is 12.2. The molecule has 1 aliphatic rings. The fraction of sp³-hybridized carbons (Fsp3) is 0.538. The lowest BCUT2D eigenvalue weighted by Crippen LogP contribution is -2.31. The largest absolute Gasteiger partial charge is 0.508 e. The van der Waals surface area contributed by atoms with E-state index in [9.17, 15) is 5.11 Å². The van der Waals surface area contributed by atoms with Gasteiger partial charge in [-0.25, -0.2) is 0 Å². The van der Waals surface area contributed by atoms with Gasteiger partial charge >= 0.3 is 0 Å². The smallest absolute Gasteiger partial charge is 0.120 e. The van der Waals surface area contributed by atoms with Gasteiger partial charge < -0.3 is 14.6 Å². The molecule has 1 unspecified atom stereocenters. The van der Waals surface area contributed by atoms with Gasteiger partial charge in [0.1, 0.15) is 11.5 Å². The molecule has 1 fully saturated rings. The van der Waals surface area contributed by atoms with E-state index in [0.717, 1.165) is 30.9 Å². The highest BCUT2D eigenvalue weighted by molar-refractivity contribution is 5.39. The molecule has 1 atom stereocenters. The number of ether oxygens (including phenoxy) is 2. The molecule has 0 radical (unpaired) electrons. The van der Waals surface area contributed by atoms with Crippen molar-refractivity contribution in [2.75, 3.05) is 27.4 Å². The summed E-state index contributed by atoms with van der Waals surface area (Å²) in [5.41, 5.74) is 0.888. The van der Waals surface area contributed by atoms with Crippen molar-refractivity contribution in [3.63, 3.8) is 0 Å². The van der Waals surface area contributed by atoms with Gasteiger partial charge in [-0.15, -0.1) is 0 Å². The Morgan fingerprint density at radius 3 is 3.00 bits per heavy atom. The lowest BCUT2D eigenvalue weighted by molar-refractivity contribution is 0.156. The highest BCUT2D eigenvalue weighted by atomic mass is 16.5. The molecule has 0 bridgehead atoms. The molecule has 0 aliphatic carbocycles. The van der Waals surface area contributed by atoms with Crippen molar-refractivity contribution in [1.82, 2.24) is 4.90 Å². The fourth-order valence-corrected chi connectivity index (χ4v) is 2.08. The van der Waals surface area contributed by atoms with Crippen molar-refractivity contribution in [2.24, 2.45) is 0 Å². The number of nitrogens with zero attached hydrogens (tertiary/aromatic N) is 1. The summed E-state index contributed by atoms with van der Waals surface area (Å²) in [5.74, 6) is 1.09. The van der Waals surface area contributed by atoms with E-state index in [1.807, 2.05) is 6.07 Å². The zero-order valence-electron chi connectivity index (χ0n) is 10.3. The molecule has 0 spiro atoms. The van der Waals surface area contributed by atoms with Gasteiger partial charge in [0.15, 0.2) is 0 Å². The molecule has 1 N–H and O–H groups in total. The summed E-state index contributed by atoms with van der Waals surface area (Å²) >= 11 is 0. The number of benzene rings is 1. The minimum atomic E-state index is 0.316. The van der Waals surface area contributed by atoms with Crippen molar-refractivity contribution in [3.05, 3.63) is 23.8 Å². The van der Waals surface area contributed by atoms with Gasteiger partial charge in [0.25, 0.3) is 0 Å². The van der Waals surface area contributed by atoms with Crippen LogP contribution in [0.1, 0.15) is 12.0 Å². The zero-order chi connectivity index (χ0) is 12.3. The average molecular weight is 237 g/mol. The van der Waals surface area contributed by atoms with Crippen molar-refractivity contribution < 1.29 is 14.6 Å². The lowest BCUT2D eigenvalue weighted by Gasteiger charge is -2.23. The molecule has 0 aromatic heterocycles. The summed E-state index contributed by atoms with van der Waals surface area (Å²) in [6.45, 7) is 2.32. The Kier molecular flexibility index (Phi) is 3.86. The number of phenolic OH excluding ortho intramolecular Hbond substituents is 1. The monoisotopic (exact) mass is 237 g/mol. The Labute approximate surface area is 102 Å². The maximum atomic E-state index is 9.81. The Bertz CT molecular complexity index is 375. The molecule has 94 valence electrons. The standard InChI is InChI=1S/C13H19NO3/c1-14(11-5-6-17-9-11)8-10-7-12(16-2)3-4-13(10)15/h3-4,7,11,15H,5-6,8-9H2,1-2H3. The van der Waals surface area contributed by atoms with E-state index in [4.69, 9.17) is 9.47 Å². The topological polar surface area (TPSA) is 41.9 Å². The molecule has 17 heavy (non-hydrogen) atoms. The Hall–Kier alpha value is -1.26. The molecule has 4 nitrogen and oxygen atoms in total. The summed E-state index contributed by atoms with van der Waals surface area (Å²) in [4.78, 5) is 2.21. The zero-order valence-corrected chi connectivity index (χ0v) is 10.3. The number of methoxy groups -OCH3 is 1. The van der Waals surface area contributed by atoms with Gasteiger partial charge in [-0.1, -0.05) is 0 Å². The van der Waals surface area contributed by atoms with E-state index in [1.165, 1.54) is 0 Å². The fourth-order valence-electron chi connectivity index (χ4n) is 2.08. The van der Waals surface area contributed by atoms with Crippen LogP contribution in [-0.2, 0) is 11.3 Å². The molecular weight excluding hydrogens is 218 g/mol. The first-order valence-corrected chi connectivity index (χ1v) is 5.84. The van der Waals surface area contributed by atoms with Crippen LogP contribution >= 0.6 is 0 Å². The van der Waals surface area contributed by atoms with Gasteiger partial charge in [-0.2, -0.15) is 0 Å². The molecule has 2 rings (SSSR count). The molecule has 4 heteroatoms. The number of phenols is 1. The second-order valence-electron chi connectivity index (χ2n) is 4.43. The highest BCUT2D eigenvalue weighted by Crippen LogP contribution is 2.25. The predicted octanol–water partition coefficient (Wildman–Crippen LogP) is 1.62. The molecule has 0 saturated carbocycles. The number of rotatable bonds is 4. The van der Waals surface area contributed by atoms with E-state index < -0.39 is 0 Å². The molecule has 1 heterocycles. The van der Waals surface area contributed by atoms with Crippen LogP contribution in [0, 0.1) is 0 Å². The molecule has 1 aliphatic heterocycles. The first-order valence-electron chi connectivity index (χ1n) is 5.84. The number of hydrogen-bond donors (Lipinski definition) is 1. The second-order valence-corrected chi connectivity index (χ2v) is 4.43. The van der Waals surface area contributed by atoms with Gasteiger partial charge in [0.2, 0.25) is 0 Å². The van der Waals surface area contributed by atoms with E-state index in [2.05, 4.69) is 11.9 Å². The van der Waals surface area contributed by atoms with Crippen LogP contribution in [0.3, 0.4) is 0 Å². The second kappa shape index (κ2) is 5.38. The third-order valence-corrected chi connectivity index (χ3v) is 3.24. The van der Waals surface area contributed by atoms with E-state index >= 15 is 0 Å². The van der Waals surface area contributed by atoms with Gasteiger partial charge in [-0.3, -0.25) is 4.90 Å². The molecule has 1 saturated heterocycles. The Morgan fingerprint density at radius 2 is 2.35 bits per heavy atom. The number of aromatic hydroxyl groups is 1. The minimum absolute atomic E-state index is 0.316. The van der Waals surface area contributed by atoms with Crippen molar-refractivity contribution in [1.29, 1.82) is 0 Å². The van der Waals surface area contributed by atoms with Gasteiger partial charge in [-0.05, 0) is 31.7 Å². The van der Waals surface area contributed by atoms with Crippen LogP contribution < -0.4 is 4.74 Å². The minimum Gasteiger partial charge on any atom is -0.508 e. The van der Waals surface area contributed by atoms with Crippen LogP contribution in [0.15, 0.2) is 18.2 Å². The van der Waals surface area contributed by atoms with Crippen molar-refractivity contribution >= 4 is 0 Å². The summed E-state index contributed by atoms with van der Waals surface area (Å²) < 4.78 is 10.5. The normalized spacial score (nSPS) is 19.8. The Morgan fingerprint density at radius 1 is 1.53 bits per heavy atom. The van der Waals surface area contributed by atoms with E-state index in [0.29, 0.717) is 18.3 Å². The maximum Gasteiger partial charge on any atom is 0.120 e. The quantitative estimate of drug-likeness (QED) is 0.864. The first-order chi connectivity index (χ1) is 8.20. The van der Waals surface area contributed by atoms with Crippen molar-refractivity contribution in [3.8, 4) is 11.5 Å². The highest BCUT2D eigenvalue weighted by Gasteiger charge is 2.21. The third kappa shape index (κ3) is 2.90. The summed E-state index contributed by atoms with van der Waals surface area (Å²) in [6, 6.07) is 5.76. The van der Waals surface area contributed by atoms with Crippen molar-refractivity contribution in [2.45, 2.75) is 19.0 Å². The van der Waals surface area contributed by atoms with Crippen LogP contribution in [0.2, 0.25) is 0 Å². The van der Waals surface area contributed by atoms with Gasteiger partial charge in [0, 0.05) is 24.8 Å². The summed E-state index contributed by atoms with van der Waals surface area (Å²) in [7, 11) is 3.68. The molecule has 1 aromatic carbocycles.